The number of aromatic nitrogens is 4. The van der Waals surface area contributed by atoms with E-state index in [1.807, 2.05) is 97.3 Å². The molecule has 1 atom stereocenters. The maximum absolute atomic E-state index is 5.05. The highest BCUT2D eigenvalue weighted by molar-refractivity contribution is 5.81. The quantitative estimate of drug-likeness (QED) is 0.193. The molecule has 0 saturated carbocycles. The first-order chi connectivity index (χ1) is 23.8. The molecule has 1 aliphatic heterocycles. The molecule has 0 spiro atoms. The molecule has 1 N–H and O–H groups in total. The van der Waals surface area contributed by atoms with Gasteiger partial charge in [0.1, 0.15) is 0 Å². The first-order valence-electron chi connectivity index (χ1n) is 16.0. The molecule has 3 heterocycles. The van der Waals surface area contributed by atoms with Gasteiger partial charge in [-0.05, 0) is 70.4 Å². The molecular formula is C43H31N5. The monoisotopic (exact) mass is 617 g/mol. The molecule has 48 heavy (non-hydrogen) atoms. The molecule has 8 rings (SSSR count). The predicted octanol–water partition coefficient (Wildman–Crippen LogP) is 9.98. The second-order valence-electron chi connectivity index (χ2n) is 11.6. The first-order valence-corrected chi connectivity index (χ1v) is 16.0. The molecule has 0 aliphatic carbocycles. The molecule has 0 amide bonds. The van der Waals surface area contributed by atoms with Gasteiger partial charge in [-0.15, -0.1) is 0 Å². The number of hydrogen-bond donors (Lipinski definition) is 1. The van der Waals surface area contributed by atoms with Crippen molar-refractivity contribution in [2.45, 2.75) is 6.04 Å². The Labute approximate surface area is 280 Å². The molecule has 0 fully saturated rings. The zero-order valence-electron chi connectivity index (χ0n) is 26.1. The fraction of sp³-hybridized carbons (Fsp3) is 0.0233. The average Bonchev–Trinajstić information content (AvgIpc) is 3.19. The Morgan fingerprint density at radius 3 is 1.48 bits per heavy atom. The third kappa shape index (κ3) is 6.17. The van der Waals surface area contributed by atoms with E-state index in [1.54, 1.807) is 0 Å². The van der Waals surface area contributed by atoms with Gasteiger partial charge in [0.2, 0.25) is 0 Å². The van der Waals surface area contributed by atoms with Crippen LogP contribution in [0.25, 0.3) is 67.7 Å². The van der Waals surface area contributed by atoms with Gasteiger partial charge in [0.15, 0.2) is 17.5 Å². The maximum Gasteiger partial charge on any atom is 0.164 e. The van der Waals surface area contributed by atoms with Gasteiger partial charge in [0.05, 0.1) is 11.7 Å². The summed E-state index contributed by atoms with van der Waals surface area (Å²) in [6, 6.07) is 50.2. The van der Waals surface area contributed by atoms with Gasteiger partial charge in [-0.3, -0.25) is 4.98 Å². The SMILES string of the molecule is C1=CNC(c2ccc(-c3cc(-c4ccc(-c5ccccn5)cc4)cc(-c4nc(-c5ccccc5)nc(-c5ccccc5)n4)c3)cc2)C=C1. The minimum absolute atomic E-state index is 0.154. The highest BCUT2D eigenvalue weighted by Gasteiger charge is 2.15. The van der Waals surface area contributed by atoms with Crippen molar-refractivity contribution >= 4 is 0 Å². The van der Waals surface area contributed by atoms with Gasteiger partial charge >= 0.3 is 0 Å². The van der Waals surface area contributed by atoms with Gasteiger partial charge in [-0.25, -0.2) is 15.0 Å². The van der Waals surface area contributed by atoms with E-state index in [-0.39, 0.29) is 6.04 Å². The van der Waals surface area contributed by atoms with Crippen LogP contribution in [0.15, 0.2) is 176 Å². The summed E-state index contributed by atoms with van der Waals surface area (Å²) in [6.07, 6.45) is 10.1. The number of rotatable bonds is 7. The summed E-state index contributed by atoms with van der Waals surface area (Å²) in [4.78, 5) is 19.5. The number of nitrogens with one attached hydrogen (secondary N) is 1. The topological polar surface area (TPSA) is 63.6 Å². The minimum atomic E-state index is 0.154. The van der Waals surface area contributed by atoms with E-state index in [0.29, 0.717) is 17.5 Å². The van der Waals surface area contributed by atoms with E-state index in [4.69, 9.17) is 15.0 Å². The predicted molar refractivity (Wildman–Crippen MR) is 194 cm³/mol. The summed E-state index contributed by atoms with van der Waals surface area (Å²) in [7, 11) is 0. The van der Waals surface area contributed by atoms with E-state index in [0.717, 1.165) is 50.2 Å². The van der Waals surface area contributed by atoms with Crippen molar-refractivity contribution in [3.8, 4) is 67.7 Å². The molecule has 5 aromatic carbocycles. The molecule has 228 valence electrons. The lowest BCUT2D eigenvalue weighted by molar-refractivity contribution is 0.746. The number of pyridine rings is 1. The molecule has 7 aromatic rings. The second kappa shape index (κ2) is 13.1. The molecule has 5 nitrogen and oxygen atoms in total. The Hall–Kier alpha value is -6.46. The fourth-order valence-corrected chi connectivity index (χ4v) is 5.93. The highest BCUT2D eigenvalue weighted by Crippen LogP contribution is 2.34. The standard InChI is InChI=1S/C43H31N5/c1-3-11-34(12-4-1)41-46-42(35-13-5-2-6-14-35)48-43(47-41)38-28-36(30-17-21-32(22-18-30)39-15-7-9-25-44-39)27-37(29-38)31-19-23-33(24-20-31)40-16-8-10-26-45-40/h1-29,39,44H. The summed E-state index contributed by atoms with van der Waals surface area (Å²) in [6.45, 7) is 0. The Morgan fingerprint density at radius 2 is 0.938 bits per heavy atom. The molecule has 1 unspecified atom stereocenters. The van der Waals surface area contributed by atoms with Gasteiger partial charge in [0.25, 0.3) is 0 Å². The van der Waals surface area contributed by atoms with Crippen molar-refractivity contribution in [3.63, 3.8) is 0 Å². The third-order valence-corrected chi connectivity index (χ3v) is 8.46. The van der Waals surface area contributed by atoms with Crippen molar-refractivity contribution in [2.75, 3.05) is 0 Å². The Balaban J connectivity index is 1.26. The van der Waals surface area contributed by atoms with Crippen molar-refractivity contribution < 1.29 is 0 Å². The van der Waals surface area contributed by atoms with E-state index in [1.165, 1.54) is 5.56 Å². The van der Waals surface area contributed by atoms with Gasteiger partial charge in [-0.1, -0.05) is 127 Å². The molecule has 2 aromatic heterocycles. The van der Waals surface area contributed by atoms with E-state index in [9.17, 15) is 0 Å². The Bertz CT molecular complexity index is 2170. The Kier molecular flexibility index (Phi) is 7.91. The van der Waals surface area contributed by atoms with Gasteiger partial charge in [0, 0.05) is 28.5 Å². The number of allylic oxidation sites excluding steroid dienone is 2. The van der Waals surface area contributed by atoms with E-state index >= 15 is 0 Å². The normalized spacial score (nSPS) is 13.6. The number of nitrogens with zero attached hydrogens (tertiary/aromatic N) is 4. The van der Waals surface area contributed by atoms with Crippen molar-refractivity contribution in [3.05, 3.63) is 182 Å². The summed E-state index contributed by atoms with van der Waals surface area (Å²) >= 11 is 0. The molecule has 5 heteroatoms. The Morgan fingerprint density at radius 1 is 0.417 bits per heavy atom. The van der Waals surface area contributed by atoms with E-state index in [2.05, 4.69) is 89.2 Å². The average molecular weight is 618 g/mol. The lowest BCUT2D eigenvalue weighted by atomic mass is 9.94. The van der Waals surface area contributed by atoms with E-state index < -0.39 is 0 Å². The van der Waals surface area contributed by atoms with Crippen LogP contribution in [-0.4, -0.2) is 19.9 Å². The maximum atomic E-state index is 5.05. The molecule has 0 radical (unpaired) electrons. The smallest absolute Gasteiger partial charge is 0.164 e. The zero-order valence-corrected chi connectivity index (χ0v) is 26.1. The molecule has 1 aliphatic rings. The summed E-state index contributed by atoms with van der Waals surface area (Å²) in [5.41, 5.74) is 10.4. The van der Waals surface area contributed by atoms with Crippen molar-refractivity contribution in [1.29, 1.82) is 0 Å². The molecular weight excluding hydrogens is 587 g/mol. The van der Waals surface area contributed by atoms with Crippen LogP contribution in [0.1, 0.15) is 11.6 Å². The first kappa shape index (κ1) is 29.0. The van der Waals surface area contributed by atoms with Crippen LogP contribution in [0.5, 0.6) is 0 Å². The summed E-state index contributed by atoms with van der Waals surface area (Å²) in [5.74, 6) is 1.89. The lowest BCUT2D eigenvalue weighted by Crippen LogP contribution is -2.14. The van der Waals surface area contributed by atoms with Crippen LogP contribution in [-0.2, 0) is 0 Å². The van der Waals surface area contributed by atoms with Crippen LogP contribution in [0.4, 0.5) is 0 Å². The van der Waals surface area contributed by atoms with Crippen LogP contribution in [0.3, 0.4) is 0 Å². The highest BCUT2D eigenvalue weighted by atomic mass is 15.0. The van der Waals surface area contributed by atoms with Crippen molar-refractivity contribution in [2.24, 2.45) is 0 Å². The molecule has 0 bridgehead atoms. The molecule has 0 saturated heterocycles. The van der Waals surface area contributed by atoms with Gasteiger partial charge < -0.3 is 5.32 Å². The van der Waals surface area contributed by atoms with Crippen LogP contribution >= 0.6 is 0 Å². The fourth-order valence-electron chi connectivity index (χ4n) is 5.93. The number of hydrogen-bond acceptors (Lipinski definition) is 5. The second-order valence-corrected chi connectivity index (χ2v) is 11.6. The summed E-state index contributed by atoms with van der Waals surface area (Å²) < 4.78 is 0. The third-order valence-electron chi connectivity index (χ3n) is 8.46. The zero-order chi connectivity index (χ0) is 32.1. The van der Waals surface area contributed by atoms with Gasteiger partial charge in [-0.2, -0.15) is 0 Å². The van der Waals surface area contributed by atoms with Crippen LogP contribution in [0.2, 0.25) is 0 Å². The number of benzene rings is 5. The summed E-state index contributed by atoms with van der Waals surface area (Å²) in [5, 5.41) is 3.42. The van der Waals surface area contributed by atoms with Crippen molar-refractivity contribution in [1.82, 2.24) is 25.3 Å². The van der Waals surface area contributed by atoms with Crippen LogP contribution in [0, 0.1) is 0 Å². The largest absolute Gasteiger partial charge is 0.381 e. The minimum Gasteiger partial charge on any atom is -0.381 e. The number of dihydropyridines is 1. The lowest BCUT2D eigenvalue weighted by Gasteiger charge is -2.17. The van der Waals surface area contributed by atoms with Crippen LogP contribution < -0.4 is 5.32 Å².